The van der Waals surface area contributed by atoms with Gasteiger partial charge in [0.1, 0.15) is 11.6 Å². The summed E-state index contributed by atoms with van der Waals surface area (Å²) in [5.41, 5.74) is 5.91. The second-order valence-corrected chi connectivity index (χ2v) is 7.76. The molecule has 0 spiro atoms. The van der Waals surface area contributed by atoms with Gasteiger partial charge in [0.05, 0.1) is 15.5 Å². The molecular formula is C20H14F2N2O3S. The number of halogens is 2. The van der Waals surface area contributed by atoms with Gasteiger partial charge in [-0.05, 0) is 60.7 Å². The summed E-state index contributed by atoms with van der Waals surface area (Å²) >= 11 is 0. The molecule has 0 bridgehead atoms. The zero-order valence-corrected chi connectivity index (χ0v) is 15.2. The van der Waals surface area contributed by atoms with Gasteiger partial charge < -0.3 is 5.73 Å². The Hall–Kier alpha value is -3.39. The number of pyridine rings is 1. The van der Waals surface area contributed by atoms with Crippen LogP contribution in [0.5, 0.6) is 0 Å². The third-order valence-electron chi connectivity index (χ3n) is 3.91. The van der Waals surface area contributed by atoms with E-state index in [2.05, 4.69) is 4.98 Å². The van der Waals surface area contributed by atoms with Crippen molar-refractivity contribution >= 4 is 27.9 Å². The second-order valence-electron chi connectivity index (χ2n) is 5.81. The summed E-state index contributed by atoms with van der Waals surface area (Å²) in [6.45, 7) is 0. The molecule has 1 aromatic heterocycles. The Morgan fingerprint density at radius 3 is 2.18 bits per heavy atom. The smallest absolute Gasteiger partial charge is 0.248 e. The SMILES string of the molecule is NC(=O)c1ccc(S(=O)(=O)c2ccc(/C=C/c3ccc(F)cc3F)nc2)cc1. The highest BCUT2D eigenvalue weighted by atomic mass is 32.2. The van der Waals surface area contributed by atoms with Gasteiger partial charge in [-0.2, -0.15) is 0 Å². The molecule has 2 aromatic carbocycles. The van der Waals surface area contributed by atoms with E-state index in [-0.39, 0.29) is 20.9 Å². The van der Waals surface area contributed by atoms with Gasteiger partial charge in [0, 0.05) is 23.4 Å². The number of rotatable bonds is 5. The van der Waals surface area contributed by atoms with Gasteiger partial charge in [0.15, 0.2) is 0 Å². The van der Waals surface area contributed by atoms with Gasteiger partial charge in [0.25, 0.3) is 0 Å². The van der Waals surface area contributed by atoms with Crippen molar-refractivity contribution in [3.8, 4) is 0 Å². The number of benzene rings is 2. The van der Waals surface area contributed by atoms with E-state index in [0.717, 1.165) is 12.1 Å². The van der Waals surface area contributed by atoms with Crippen LogP contribution in [-0.2, 0) is 9.84 Å². The molecule has 0 aliphatic rings. The highest BCUT2D eigenvalue weighted by Gasteiger charge is 2.18. The molecule has 0 saturated heterocycles. The molecule has 0 atom stereocenters. The Kier molecular flexibility index (Phi) is 5.32. The first-order valence-corrected chi connectivity index (χ1v) is 9.50. The molecule has 0 aliphatic carbocycles. The van der Waals surface area contributed by atoms with Crippen molar-refractivity contribution in [1.82, 2.24) is 4.98 Å². The minimum atomic E-state index is -3.82. The molecule has 1 heterocycles. The Labute approximate surface area is 160 Å². The van der Waals surface area contributed by atoms with Crippen molar-refractivity contribution in [2.45, 2.75) is 9.79 Å². The summed E-state index contributed by atoms with van der Waals surface area (Å²) in [6, 6.07) is 11.3. The molecule has 28 heavy (non-hydrogen) atoms. The van der Waals surface area contributed by atoms with Crippen LogP contribution >= 0.6 is 0 Å². The van der Waals surface area contributed by atoms with Gasteiger partial charge in [-0.15, -0.1) is 0 Å². The summed E-state index contributed by atoms with van der Waals surface area (Å²) in [6.07, 6.45) is 4.07. The first-order chi connectivity index (χ1) is 13.3. The number of amides is 1. The number of sulfone groups is 1. The molecule has 3 rings (SSSR count). The van der Waals surface area contributed by atoms with E-state index in [4.69, 9.17) is 5.73 Å². The van der Waals surface area contributed by atoms with Crippen LogP contribution in [0.2, 0.25) is 0 Å². The average molecular weight is 400 g/mol. The van der Waals surface area contributed by atoms with Gasteiger partial charge in [0.2, 0.25) is 15.7 Å². The minimum absolute atomic E-state index is 0.00373. The van der Waals surface area contributed by atoms with Crippen LogP contribution in [0.3, 0.4) is 0 Å². The fourth-order valence-corrected chi connectivity index (χ4v) is 3.60. The van der Waals surface area contributed by atoms with Crippen molar-refractivity contribution in [2.75, 3.05) is 0 Å². The number of carbonyl (C=O) groups is 1. The molecule has 0 aliphatic heterocycles. The van der Waals surface area contributed by atoms with Crippen molar-refractivity contribution in [3.05, 3.63) is 89.2 Å². The largest absolute Gasteiger partial charge is 0.366 e. The van der Waals surface area contributed by atoms with Crippen molar-refractivity contribution < 1.29 is 22.0 Å². The molecule has 0 radical (unpaired) electrons. The average Bonchev–Trinajstić information content (AvgIpc) is 2.67. The van der Waals surface area contributed by atoms with Crippen LogP contribution in [-0.4, -0.2) is 19.3 Å². The maximum absolute atomic E-state index is 13.6. The third-order valence-corrected chi connectivity index (χ3v) is 5.67. The second kappa shape index (κ2) is 7.69. The molecule has 2 N–H and O–H groups in total. The van der Waals surface area contributed by atoms with Gasteiger partial charge in [-0.1, -0.05) is 0 Å². The van der Waals surface area contributed by atoms with Crippen molar-refractivity contribution in [2.24, 2.45) is 5.73 Å². The number of nitrogens with two attached hydrogens (primary N) is 1. The maximum Gasteiger partial charge on any atom is 0.248 e. The molecule has 1 amide bonds. The first kappa shape index (κ1) is 19.4. The predicted octanol–water partition coefficient (Wildman–Crippen LogP) is 3.46. The molecular weight excluding hydrogens is 386 g/mol. The standard InChI is InChI=1S/C20H14F2N2O3S/c21-15-5-1-13(19(22)11-15)2-6-16-7-10-18(12-24-16)28(26,27)17-8-3-14(4-9-17)20(23)25/h1-12H,(H2,23,25)/b6-2+. The zero-order chi connectivity index (χ0) is 20.3. The molecule has 5 nitrogen and oxygen atoms in total. The highest BCUT2D eigenvalue weighted by molar-refractivity contribution is 7.91. The number of aromatic nitrogens is 1. The van der Waals surface area contributed by atoms with Crippen LogP contribution in [0.15, 0.2) is 70.6 Å². The summed E-state index contributed by atoms with van der Waals surface area (Å²) < 4.78 is 51.8. The summed E-state index contributed by atoms with van der Waals surface area (Å²) in [5.74, 6) is -2.04. The van der Waals surface area contributed by atoms with E-state index >= 15 is 0 Å². The van der Waals surface area contributed by atoms with E-state index in [1.165, 1.54) is 60.8 Å². The lowest BCUT2D eigenvalue weighted by Crippen LogP contribution is -2.11. The van der Waals surface area contributed by atoms with E-state index in [1.807, 2.05) is 0 Å². The summed E-state index contributed by atoms with van der Waals surface area (Å²) in [5, 5.41) is 0. The zero-order valence-electron chi connectivity index (χ0n) is 14.3. The van der Waals surface area contributed by atoms with Crippen LogP contribution in [0.25, 0.3) is 12.2 Å². The summed E-state index contributed by atoms with van der Waals surface area (Å²) in [4.78, 5) is 15.1. The van der Waals surface area contributed by atoms with E-state index < -0.39 is 27.4 Å². The van der Waals surface area contributed by atoms with Crippen molar-refractivity contribution in [3.63, 3.8) is 0 Å². The quantitative estimate of drug-likeness (QED) is 0.710. The van der Waals surface area contributed by atoms with Crippen LogP contribution in [0.4, 0.5) is 8.78 Å². The first-order valence-electron chi connectivity index (χ1n) is 8.01. The maximum atomic E-state index is 13.6. The van der Waals surface area contributed by atoms with Crippen LogP contribution in [0.1, 0.15) is 21.6 Å². The lowest BCUT2D eigenvalue weighted by Gasteiger charge is -2.05. The predicted molar refractivity (Wildman–Crippen MR) is 99.9 cm³/mol. The fraction of sp³-hybridized carbons (Fsp3) is 0. The normalized spacial score (nSPS) is 11.6. The van der Waals surface area contributed by atoms with E-state index in [9.17, 15) is 22.0 Å². The molecule has 0 unspecified atom stereocenters. The summed E-state index contributed by atoms with van der Waals surface area (Å²) in [7, 11) is -3.82. The van der Waals surface area contributed by atoms with Crippen LogP contribution in [0, 0.1) is 11.6 Å². The van der Waals surface area contributed by atoms with Crippen molar-refractivity contribution in [1.29, 1.82) is 0 Å². The lowest BCUT2D eigenvalue weighted by atomic mass is 10.2. The number of hydrogen-bond donors (Lipinski definition) is 1. The fourth-order valence-electron chi connectivity index (χ4n) is 2.40. The molecule has 0 fully saturated rings. The van der Waals surface area contributed by atoms with Crippen LogP contribution < -0.4 is 5.73 Å². The monoisotopic (exact) mass is 400 g/mol. The Morgan fingerprint density at radius 1 is 0.929 bits per heavy atom. The number of nitrogens with zero attached hydrogens (tertiary/aromatic N) is 1. The Balaban J connectivity index is 1.83. The topological polar surface area (TPSA) is 90.1 Å². The number of hydrogen-bond acceptors (Lipinski definition) is 4. The number of carbonyl (C=O) groups excluding carboxylic acids is 1. The lowest BCUT2D eigenvalue weighted by molar-refractivity contribution is 0.1000. The Bertz CT molecular complexity index is 1160. The highest BCUT2D eigenvalue weighted by Crippen LogP contribution is 2.21. The van der Waals surface area contributed by atoms with E-state index in [0.29, 0.717) is 5.69 Å². The van der Waals surface area contributed by atoms with Gasteiger partial charge >= 0.3 is 0 Å². The van der Waals surface area contributed by atoms with Gasteiger partial charge in [-0.3, -0.25) is 9.78 Å². The molecule has 142 valence electrons. The third kappa shape index (κ3) is 4.12. The molecule has 3 aromatic rings. The van der Waals surface area contributed by atoms with E-state index in [1.54, 1.807) is 0 Å². The Morgan fingerprint density at radius 2 is 1.61 bits per heavy atom. The molecule has 8 heteroatoms. The minimum Gasteiger partial charge on any atom is -0.366 e. The molecule has 0 saturated carbocycles. The van der Waals surface area contributed by atoms with Gasteiger partial charge in [-0.25, -0.2) is 17.2 Å². The number of primary amides is 1.